The molecule has 0 aliphatic rings. The smallest absolute Gasteiger partial charge is 0.337 e. The van der Waals surface area contributed by atoms with Gasteiger partial charge in [-0.3, -0.25) is 9.59 Å². The van der Waals surface area contributed by atoms with Crippen LogP contribution in [0.15, 0.2) is 47.4 Å². The predicted molar refractivity (Wildman–Crippen MR) is 88.0 cm³/mol. The number of likely N-dealkylation sites (N-methyl/N-ethyl adjacent to an activating group) is 1. The molecule has 1 aromatic carbocycles. The third kappa shape index (κ3) is 4.49. The molecule has 134 valence electrons. The lowest BCUT2D eigenvalue weighted by molar-refractivity contribution is -0.139. The van der Waals surface area contributed by atoms with Crippen molar-refractivity contribution in [2.24, 2.45) is 0 Å². The number of carbonyl (C=O) groups is 1. The van der Waals surface area contributed by atoms with E-state index in [9.17, 15) is 22.8 Å². The molecule has 2 aromatic rings. The second-order valence-electron chi connectivity index (χ2n) is 5.69. The predicted octanol–water partition coefficient (Wildman–Crippen LogP) is 3.22. The van der Waals surface area contributed by atoms with Crippen molar-refractivity contribution in [3.8, 4) is 0 Å². The normalized spacial score (nSPS) is 11.4. The van der Waals surface area contributed by atoms with Crippen LogP contribution in [-0.2, 0) is 24.1 Å². The van der Waals surface area contributed by atoms with Crippen molar-refractivity contribution in [3.63, 3.8) is 0 Å². The van der Waals surface area contributed by atoms with E-state index in [4.69, 9.17) is 0 Å². The molecule has 0 fully saturated rings. The third-order valence-electron chi connectivity index (χ3n) is 3.99. The second kappa shape index (κ2) is 7.55. The summed E-state index contributed by atoms with van der Waals surface area (Å²) in [5.41, 5.74) is -0.515. The van der Waals surface area contributed by atoms with Gasteiger partial charge in [0.05, 0.1) is 0 Å². The molecule has 4 nitrogen and oxygen atoms in total. The highest BCUT2D eigenvalue weighted by Crippen LogP contribution is 2.26. The SMILES string of the molecule is CCN(Cc1ccccc1C)C(=O)Cn1cccc(C(F)(F)F)c1=O. The maximum atomic E-state index is 12.8. The first kappa shape index (κ1) is 18.8. The van der Waals surface area contributed by atoms with Crippen LogP contribution in [0.5, 0.6) is 0 Å². The van der Waals surface area contributed by atoms with Crippen molar-refractivity contribution in [2.45, 2.75) is 33.1 Å². The lowest BCUT2D eigenvalue weighted by Crippen LogP contribution is -2.37. The molecule has 0 radical (unpaired) electrons. The molecule has 7 heteroatoms. The summed E-state index contributed by atoms with van der Waals surface area (Å²) in [6.07, 6.45) is -3.55. The maximum absolute atomic E-state index is 12.8. The molecular formula is C18H19F3N2O2. The van der Waals surface area contributed by atoms with E-state index in [0.29, 0.717) is 19.2 Å². The van der Waals surface area contributed by atoms with Gasteiger partial charge >= 0.3 is 6.18 Å². The van der Waals surface area contributed by atoms with Crippen LogP contribution in [0.3, 0.4) is 0 Å². The van der Waals surface area contributed by atoms with E-state index in [2.05, 4.69) is 0 Å². The van der Waals surface area contributed by atoms with Gasteiger partial charge in [-0.25, -0.2) is 0 Å². The number of halogens is 3. The molecule has 0 saturated carbocycles. The summed E-state index contributed by atoms with van der Waals surface area (Å²) in [5.74, 6) is -0.410. The second-order valence-corrected chi connectivity index (χ2v) is 5.69. The lowest BCUT2D eigenvalue weighted by atomic mass is 10.1. The van der Waals surface area contributed by atoms with E-state index < -0.39 is 29.8 Å². The molecule has 0 spiro atoms. The molecule has 0 unspecified atom stereocenters. The molecule has 0 aliphatic heterocycles. The van der Waals surface area contributed by atoms with Crippen LogP contribution in [0.2, 0.25) is 0 Å². The highest BCUT2D eigenvalue weighted by atomic mass is 19.4. The molecular weight excluding hydrogens is 333 g/mol. The van der Waals surface area contributed by atoms with E-state index in [1.165, 1.54) is 11.1 Å². The first-order valence-corrected chi connectivity index (χ1v) is 7.83. The Bertz CT molecular complexity index is 812. The average molecular weight is 352 g/mol. The van der Waals surface area contributed by atoms with E-state index in [1.54, 1.807) is 6.92 Å². The Balaban J connectivity index is 2.21. The van der Waals surface area contributed by atoms with Gasteiger partial charge in [-0.15, -0.1) is 0 Å². The summed E-state index contributed by atoms with van der Waals surface area (Å²) in [6, 6.07) is 9.40. The largest absolute Gasteiger partial charge is 0.421 e. The number of carbonyl (C=O) groups excluding carboxylic acids is 1. The highest BCUT2D eigenvalue weighted by Gasteiger charge is 2.34. The van der Waals surface area contributed by atoms with Crippen LogP contribution >= 0.6 is 0 Å². The molecule has 1 amide bonds. The van der Waals surface area contributed by atoms with Crippen molar-refractivity contribution in [2.75, 3.05) is 6.54 Å². The molecule has 0 saturated heterocycles. The van der Waals surface area contributed by atoms with E-state index in [0.717, 1.165) is 21.8 Å². The highest BCUT2D eigenvalue weighted by molar-refractivity contribution is 5.76. The molecule has 2 rings (SSSR count). The number of amides is 1. The maximum Gasteiger partial charge on any atom is 0.421 e. The van der Waals surface area contributed by atoms with Crippen LogP contribution < -0.4 is 5.56 Å². The number of aromatic nitrogens is 1. The van der Waals surface area contributed by atoms with Gasteiger partial charge < -0.3 is 9.47 Å². The van der Waals surface area contributed by atoms with Gasteiger partial charge in [0.1, 0.15) is 12.1 Å². The zero-order chi connectivity index (χ0) is 18.6. The van der Waals surface area contributed by atoms with Crippen molar-refractivity contribution in [3.05, 3.63) is 69.6 Å². The Hall–Kier alpha value is -2.57. The van der Waals surface area contributed by atoms with Crippen LogP contribution in [0.1, 0.15) is 23.6 Å². The first-order valence-electron chi connectivity index (χ1n) is 7.83. The van der Waals surface area contributed by atoms with Crippen molar-refractivity contribution in [1.82, 2.24) is 9.47 Å². The summed E-state index contributed by atoms with van der Waals surface area (Å²) < 4.78 is 39.2. The standard InChI is InChI=1S/C18H19F3N2O2/c1-3-22(11-14-8-5-4-7-13(14)2)16(24)12-23-10-6-9-15(17(23)25)18(19,20)21/h4-10H,3,11-12H2,1-2H3. The van der Waals surface area contributed by atoms with Crippen LogP contribution in [0, 0.1) is 6.92 Å². The van der Waals surface area contributed by atoms with Crippen molar-refractivity contribution in [1.29, 1.82) is 0 Å². The Kier molecular flexibility index (Phi) is 5.66. The molecule has 0 N–H and O–H groups in total. The summed E-state index contributed by atoms with van der Waals surface area (Å²) in [6.45, 7) is 4.01. The fraction of sp³-hybridized carbons (Fsp3) is 0.333. The Morgan fingerprint density at radius 2 is 1.84 bits per heavy atom. The summed E-state index contributed by atoms with van der Waals surface area (Å²) in [5, 5.41) is 0. The number of alkyl halides is 3. The summed E-state index contributed by atoms with van der Waals surface area (Å²) in [7, 11) is 0. The van der Waals surface area contributed by atoms with E-state index >= 15 is 0 Å². The van der Waals surface area contributed by atoms with Crippen LogP contribution in [0.4, 0.5) is 13.2 Å². The number of hydrogen-bond donors (Lipinski definition) is 0. The fourth-order valence-electron chi connectivity index (χ4n) is 2.49. The number of aryl methyl sites for hydroxylation is 1. The van der Waals surface area contributed by atoms with Crippen molar-refractivity contribution < 1.29 is 18.0 Å². The van der Waals surface area contributed by atoms with Crippen molar-refractivity contribution >= 4 is 5.91 Å². The van der Waals surface area contributed by atoms with E-state index in [1.807, 2.05) is 31.2 Å². The Labute approximate surface area is 143 Å². The number of hydrogen-bond acceptors (Lipinski definition) is 2. The van der Waals surface area contributed by atoms with Gasteiger partial charge in [0.15, 0.2) is 0 Å². The Morgan fingerprint density at radius 1 is 1.16 bits per heavy atom. The summed E-state index contributed by atoms with van der Waals surface area (Å²) >= 11 is 0. The topological polar surface area (TPSA) is 42.3 Å². The molecule has 0 atom stereocenters. The number of pyridine rings is 1. The zero-order valence-corrected chi connectivity index (χ0v) is 14.0. The number of nitrogens with zero attached hydrogens (tertiary/aromatic N) is 2. The number of benzene rings is 1. The van der Waals surface area contributed by atoms with Gasteiger partial charge in [0.25, 0.3) is 5.56 Å². The minimum Gasteiger partial charge on any atom is -0.337 e. The fourth-order valence-corrected chi connectivity index (χ4v) is 2.49. The van der Waals surface area contributed by atoms with Gasteiger partial charge in [0.2, 0.25) is 5.91 Å². The monoisotopic (exact) mass is 352 g/mol. The first-order chi connectivity index (χ1) is 11.7. The molecule has 1 aromatic heterocycles. The third-order valence-corrected chi connectivity index (χ3v) is 3.99. The van der Waals surface area contributed by atoms with Gasteiger partial charge in [-0.2, -0.15) is 13.2 Å². The average Bonchev–Trinajstić information content (AvgIpc) is 2.54. The van der Waals surface area contributed by atoms with Crippen LogP contribution in [0.25, 0.3) is 0 Å². The van der Waals surface area contributed by atoms with Gasteiger partial charge in [-0.1, -0.05) is 24.3 Å². The van der Waals surface area contributed by atoms with Gasteiger partial charge in [0, 0.05) is 19.3 Å². The molecule has 25 heavy (non-hydrogen) atoms. The molecule has 0 bridgehead atoms. The lowest BCUT2D eigenvalue weighted by Gasteiger charge is -2.22. The number of rotatable bonds is 5. The summed E-state index contributed by atoms with van der Waals surface area (Å²) in [4.78, 5) is 25.9. The minimum absolute atomic E-state index is 0.343. The molecule has 0 aliphatic carbocycles. The quantitative estimate of drug-likeness (QED) is 0.829. The van der Waals surface area contributed by atoms with Crippen LogP contribution in [-0.4, -0.2) is 21.9 Å². The molecule has 1 heterocycles. The van der Waals surface area contributed by atoms with E-state index in [-0.39, 0.29) is 0 Å². The minimum atomic E-state index is -4.74. The zero-order valence-electron chi connectivity index (χ0n) is 14.0. The Morgan fingerprint density at radius 3 is 2.44 bits per heavy atom. The van der Waals surface area contributed by atoms with Gasteiger partial charge in [-0.05, 0) is 37.1 Å².